The summed E-state index contributed by atoms with van der Waals surface area (Å²) >= 11 is 0. The minimum atomic E-state index is -3.60. The molecule has 6 nitrogen and oxygen atoms in total. The summed E-state index contributed by atoms with van der Waals surface area (Å²) in [7, 11) is -2.32. The monoisotopic (exact) mass is 319 g/mol. The molecule has 0 heterocycles. The number of ether oxygens (including phenoxy) is 1. The van der Waals surface area contributed by atoms with Crippen LogP contribution in [0.2, 0.25) is 0 Å². The van der Waals surface area contributed by atoms with E-state index >= 15 is 0 Å². The summed E-state index contributed by atoms with van der Waals surface area (Å²) in [5.41, 5.74) is -1.02. The lowest BCUT2D eigenvalue weighted by Gasteiger charge is -2.24. The standard InChI is InChI=1S/C14H25NO5S/c1-10(12(17)15-13(2,3)4)21(18,19)9-14(6-7-14)8-11(16)20-5/h10H,6-9H2,1-5H3,(H,15,17). The third-order valence-electron chi connectivity index (χ3n) is 3.62. The first-order valence-corrected chi connectivity index (χ1v) is 8.73. The molecule has 1 fully saturated rings. The minimum Gasteiger partial charge on any atom is -0.469 e. The molecule has 21 heavy (non-hydrogen) atoms. The Bertz CT molecular complexity index is 514. The van der Waals surface area contributed by atoms with Crippen molar-refractivity contribution in [3.63, 3.8) is 0 Å². The SMILES string of the molecule is COC(=O)CC1(CS(=O)(=O)C(C)C(=O)NC(C)(C)C)CC1. The highest BCUT2D eigenvalue weighted by molar-refractivity contribution is 7.92. The molecule has 0 aromatic carbocycles. The lowest BCUT2D eigenvalue weighted by molar-refractivity contribution is -0.141. The van der Waals surface area contributed by atoms with Gasteiger partial charge >= 0.3 is 5.97 Å². The lowest BCUT2D eigenvalue weighted by Crippen LogP contribution is -2.48. The van der Waals surface area contributed by atoms with Crippen molar-refractivity contribution in [3.05, 3.63) is 0 Å². The Labute approximate surface area is 126 Å². The van der Waals surface area contributed by atoms with E-state index in [2.05, 4.69) is 10.1 Å². The number of nitrogens with one attached hydrogen (secondary N) is 1. The maximum atomic E-state index is 12.4. The number of carbonyl (C=O) groups excluding carboxylic acids is 2. The van der Waals surface area contributed by atoms with Gasteiger partial charge in [0.05, 0.1) is 19.3 Å². The minimum absolute atomic E-state index is 0.0936. The van der Waals surface area contributed by atoms with Gasteiger partial charge in [-0.2, -0.15) is 0 Å². The zero-order valence-electron chi connectivity index (χ0n) is 13.4. The molecule has 1 N–H and O–H groups in total. The highest BCUT2D eigenvalue weighted by Gasteiger charge is 2.49. The summed E-state index contributed by atoms with van der Waals surface area (Å²) in [6, 6.07) is 0. The fraction of sp³-hybridized carbons (Fsp3) is 0.857. The van der Waals surface area contributed by atoms with Gasteiger partial charge in [0.25, 0.3) is 0 Å². The Morgan fingerprint density at radius 1 is 1.29 bits per heavy atom. The van der Waals surface area contributed by atoms with Crippen LogP contribution in [0.25, 0.3) is 0 Å². The third-order valence-corrected chi connectivity index (χ3v) is 5.92. The third kappa shape index (κ3) is 5.30. The Morgan fingerprint density at radius 3 is 2.19 bits per heavy atom. The first-order chi connectivity index (χ1) is 9.41. The second kappa shape index (κ2) is 5.94. The Morgan fingerprint density at radius 2 is 1.81 bits per heavy atom. The van der Waals surface area contributed by atoms with E-state index in [0.29, 0.717) is 12.8 Å². The summed E-state index contributed by atoms with van der Waals surface area (Å²) in [4.78, 5) is 23.4. The number of esters is 1. The second-order valence-corrected chi connectivity index (χ2v) is 9.26. The van der Waals surface area contributed by atoms with Crippen molar-refractivity contribution in [1.82, 2.24) is 5.32 Å². The predicted octanol–water partition coefficient (Wildman–Crippen LogP) is 1.05. The number of hydrogen-bond acceptors (Lipinski definition) is 5. The van der Waals surface area contributed by atoms with E-state index in [1.807, 2.05) is 0 Å². The van der Waals surface area contributed by atoms with Crippen molar-refractivity contribution in [3.8, 4) is 0 Å². The van der Waals surface area contributed by atoms with Crippen LogP contribution in [0.4, 0.5) is 0 Å². The quantitative estimate of drug-likeness (QED) is 0.739. The smallest absolute Gasteiger partial charge is 0.306 e. The molecule has 1 unspecified atom stereocenters. The Kier molecular flexibility index (Phi) is 5.08. The van der Waals surface area contributed by atoms with Gasteiger partial charge in [-0.1, -0.05) is 0 Å². The summed E-state index contributed by atoms with van der Waals surface area (Å²) in [6.07, 6.45) is 1.44. The molecular formula is C14H25NO5S. The first kappa shape index (κ1) is 17.9. The van der Waals surface area contributed by atoms with Crippen LogP contribution < -0.4 is 5.32 Å². The first-order valence-electron chi connectivity index (χ1n) is 7.01. The molecule has 7 heteroatoms. The molecule has 0 aromatic heterocycles. The highest BCUT2D eigenvalue weighted by atomic mass is 32.2. The summed E-state index contributed by atoms with van der Waals surface area (Å²) in [5, 5.41) is 1.55. The van der Waals surface area contributed by atoms with Crippen molar-refractivity contribution in [2.45, 2.75) is 57.7 Å². The van der Waals surface area contributed by atoms with Gasteiger partial charge in [0.15, 0.2) is 9.84 Å². The van der Waals surface area contributed by atoms with E-state index in [-0.39, 0.29) is 12.2 Å². The average Bonchev–Trinajstić information content (AvgIpc) is 3.04. The highest BCUT2D eigenvalue weighted by Crippen LogP contribution is 2.50. The molecule has 0 aliphatic heterocycles. The van der Waals surface area contributed by atoms with E-state index in [1.54, 1.807) is 20.8 Å². The average molecular weight is 319 g/mol. The van der Waals surface area contributed by atoms with Crippen LogP contribution in [0, 0.1) is 5.41 Å². The largest absolute Gasteiger partial charge is 0.469 e. The van der Waals surface area contributed by atoms with E-state index in [1.165, 1.54) is 14.0 Å². The Balaban J connectivity index is 2.73. The van der Waals surface area contributed by atoms with Gasteiger partial charge in [0, 0.05) is 5.54 Å². The van der Waals surface area contributed by atoms with Crippen molar-refractivity contribution in [2.24, 2.45) is 5.41 Å². The van der Waals surface area contributed by atoms with Crippen molar-refractivity contribution in [1.29, 1.82) is 0 Å². The van der Waals surface area contributed by atoms with Gasteiger partial charge in [-0.3, -0.25) is 9.59 Å². The fourth-order valence-corrected chi connectivity index (χ4v) is 3.99. The molecule has 1 saturated carbocycles. The van der Waals surface area contributed by atoms with Crippen LogP contribution in [0.5, 0.6) is 0 Å². The molecule has 122 valence electrons. The number of carbonyl (C=O) groups is 2. The predicted molar refractivity (Wildman–Crippen MR) is 79.4 cm³/mol. The zero-order chi connectivity index (χ0) is 16.5. The molecule has 0 bridgehead atoms. The van der Waals surface area contributed by atoms with Gasteiger partial charge in [0.2, 0.25) is 5.91 Å². The van der Waals surface area contributed by atoms with E-state index < -0.39 is 37.9 Å². The normalized spacial score (nSPS) is 18.7. The summed E-state index contributed by atoms with van der Waals surface area (Å²) in [5.74, 6) is -1.06. The topological polar surface area (TPSA) is 89.5 Å². The van der Waals surface area contributed by atoms with E-state index in [9.17, 15) is 18.0 Å². The molecule has 1 rings (SSSR count). The van der Waals surface area contributed by atoms with Gasteiger partial charge in [-0.25, -0.2) is 8.42 Å². The van der Waals surface area contributed by atoms with E-state index in [4.69, 9.17) is 0 Å². The van der Waals surface area contributed by atoms with Gasteiger partial charge in [0.1, 0.15) is 5.25 Å². The summed E-state index contributed by atoms with van der Waals surface area (Å²) in [6.45, 7) is 6.78. The zero-order valence-corrected chi connectivity index (χ0v) is 14.2. The van der Waals surface area contributed by atoms with Gasteiger partial charge < -0.3 is 10.1 Å². The molecular weight excluding hydrogens is 294 g/mol. The molecule has 1 aliphatic carbocycles. The van der Waals surface area contributed by atoms with Gasteiger partial charge in [-0.05, 0) is 46.0 Å². The van der Waals surface area contributed by atoms with Crippen molar-refractivity contribution < 1.29 is 22.7 Å². The fourth-order valence-electron chi connectivity index (χ4n) is 2.11. The van der Waals surface area contributed by atoms with Crippen LogP contribution in [0.3, 0.4) is 0 Å². The summed E-state index contributed by atoms with van der Waals surface area (Å²) < 4.78 is 29.3. The number of sulfone groups is 1. The van der Waals surface area contributed by atoms with E-state index in [0.717, 1.165) is 0 Å². The Hall–Kier alpha value is -1.11. The number of rotatable bonds is 6. The molecule has 0 aromatic rings. The van der Waals surface area contributed by atoms with Crippen molar-refractivity contribution >= 4 is 21.7 Å². The molecule has 1 amide bonds. The maximum Gasteiger partial charge on any atom is 0.306 e. The van der Waals surface area contributed by atoms with Crippen molar-refractivity contribution in [2.75, 3.05) is 12.9 Å². The second-order valence-electron chi connectivity index (χ2n) is 6.94. The number of amides is 1. The maximum absolute atomic E-state index is 12.4. The van der Waals surface area contributed by atoms with Gasteiger partial charge in [-0.15, -0.1) is 0 Å². The van der Waals surface area contributed by atoms with Crippen LogP contribution in [-0.2, 0) is 24.2 Å². The molecule has 0 spiro atoms. The number of methoxy groups -OCH3 is 1. The molecule has 1 atom stereocenters. The van der Waals surface area contributed by atoms with Crippen LogP contribution in [-0.4, -0.2) is 43.9 Å². The lowest BCUT2D eigenvalue weighted by atomic mass is 10.1. The number of hydrogen-bond donors (Lipinski definition) is 1. The van der Waals surface area contributed by atoms with Crippen LogP contribution in [0.15, 0.2) is 0 Å². The molecule has 0 radical (unpaired) electrons. The van der Waals surface area contributed by atoms with Crippen LogP contribution >= 0.6 is 0 Å². The molecule has 1 aliphatic rings. The van der Waals surface area contributed by atoms with Crippen LogP contribution in [0.1, 0.15) is 47.0 Å². The molecule has 0 saturated heterocycles.